The van der Waals surface area contributed by atoms with Crippen molar-refractivity contribution in [3.05, 3.63) is 34.5 Å². The minimum atomic E-state index is -0.373. The first-order chi connectivity index (χ1) is 8.63. The Hall–Kier alpha value is -1.56. The van der Waals surface area contributed by atoms with Gasteiger partial charge in [-0.25, -0.2) is 0 Å². The summed E-state index contributed by atoms with van der Waals surface area (Å²) < 4.78 is 1.87. The van der Waals surface area contributed by atoms with Crippen LogP contribution in [-0.4, -0.2) is 20.5 Å². The lowest BCUT2D eigenvalue weighted by Gasteiger charge is -2.12. The second-order valence-corrected chi connectivity index (χ2v) is 5.28. The summed E-state index contributed by atoms with van der Waals surface area (Å²) in [5.41, 5.74) is 1.18. The average molecular weight is 263 g/mol. The molecule has 0 atom stereocenters. The van der Waals surface area contributed by atoms with Crippen molar-refractivity contribution >= 4 is 29.2 Å². The molecular formula is C12H13N3O2S. The van der Waals surface area contributed by atoms with Gasteiger partial charge >= 0.3 is 0 Å². The molecule has 1 fully saturated rings. The second kappa shape index (κ2) is 3.98. The molecule has 94 valence electrons. The Labute approximate surface area is 109 Å². The van der Waals surface area contributed by atoms with Crippen molar-refractivity contribution in [3.63, 3.8) is 0 Å². The summed E-state index contributed by atoms with van der Waals surface area (Å²) in [5, 5.41) is 16.1. The van der Waals surface area contributed by atoms with Gasteiger partial charge in [0.25, 0.3) is 5.69 Å². The van der Waals surface area contributed by atoms with Gasteiger partial charge in [-0.1, -0.05) is 0 Å². The molecule has 5 nitrogen and oxygen atoms in total. The number of fused-ring (bicyclic) bond motifs is 1. The van der Waals surface area contributed by atoms with Crippen LogP contribution in [0, 0.1) is 15.5 Å². The smallest absolute Gasteiger partial charge is 0.264 e. The van der Waals surface area contributed by atoms with Gasteiger partial charge in [0.2, 0.25) is 0 Å². The van der Waals surface area contributed by atoms with Gasteiger partial charge in [-0.15, -0.1) is 0 Å². The van der Waals surface area contributed by atoms with E-state index in [1.807, 2.05) is 4.68 Å². The lowest BCUT2D eigenvalue weighted by atomic mass is 10.1. The molecule has 1 aromatic heterocycles. The normalized spacial score (nSPS) is 16.9. The van der Waals surface area contributed by atoms with Gasteiger partial charge in [-0.05, 0) is 30.1 Å². The molecule has 1 aromatic carbocycles. The molecule has 3 rings (SSSR count). The van der Waals surface area contributed by atoms with Gasteiger partial charge < -0.3 is 0 Å². The fourth-order valence-corrected chi connectivity index (χ4v) is 2.58. The first-order valence-electron chi connectivity index (χ1n) is 5.84. The summed E-state index contributed by atoms with van der Waals surface area (Å²) in [6, 6.07) is 4.86. The van der Waals surface area contributed by atoms with E-state index in [1.54, 1.807) is 18.3 Å². The monoisotopic (exact) mass is 263 g/mol. The SMILES string of the molecule is O=[N+]([O-])c1ccc2cnn(CC3(CS)CC3)c2c1. The molecule has 2 aromatic rings. The number of non-ortho nitro benzene ring substituents is 1. The topological polar surface area (TPSA) is 61.0 Å². The molecule has 1 saturated carbocycles. The predicted molar refractivity (Wildman–Crippen MR) is 71.9 cm³/mol. The van der Waals surface area contributed by atoms with Crippen LogP contribution in [0.15, 0.2) is 24.4 Å². The molecule has 0 bridgehead atoms. The van der Waals surface area contributed by atoms with Gasteiger partial charge in [0, 0.05) is 24.1 Å². The number of benzene rings is 1. The Morgan fingerprint density at radius 2 is 2.28 bits per heavy atom. The van der Waals surface area contributed by atoms with E-state index in [0.29, 0.717) is 0 Å². The maximum absolute atomic E-state index is 10.8. The molecule has 1 aliphatic rings. The van der Waals surface area contributed by atoms with Crippen LogP contribution < -0.4 is 0 Å². The van der Waals surface area contributed by atoms with Crippen molar-refractivity contribution < 1.29 is 4.92 Å². The number of thiol groups is 1. The predicted octanol–water partition coefficient (Wildman–Crippen LogP) is 2.65. The molecule has 0 aliphatic heterocycles. The number of nitro groups is 1. The molecule has 0 saturated heterocycles. The highest BCUT2D eigenvalue weighted by Crippen LogP contribution is 2.48. The third-order valence-electron chi connectivity index (χ3n) is 3.62. The first kappa shape index (κ1) is 11.5. The van der Waals surface area contributed by atoms with Crippen LogP contribution >= 0.6 is 12.6 Å². The van der Waals surface area contributed by atoms with E-state index in [-0.39, 0.29) is 16.0 Å². The lowest BCUT2D eigenvalue weighted by Crippen LogP contribution is -2.14. The van der Waals surface area contributed by atoms with Crippen molar-refractivity contribution in [2.24, 2.45) is 5.41 Å². The summed E-state index contributed by atoms with van der Waals surface area (Å²) in [6.45, 7) is 0.793. The number of aromatic nitrogens is 2. The fraction of sp³-hybridized carbons (Fsp3) is 0.417. The van der Waals surface area contributed by atoms with E-state index in [0.717, 1.165) is 36.0 Å². The molecule has 0 N–H and O–H groups in total. The summed E-state index contributed by atoms with van der Waals surface area (Å²) in [5.74, 6) is 0.837. The number of rotatable bonds is 4. The molecule has 0 radical (unpaired) electrons. The summed E-state index contributed by atoms with van der Waals surface area (Å²) in [6.07, 6.45) is 4.08. The van der Waals surface area contributed by atoms with Gasteiger partial charge in [-0.3, -0.25) is 14.8 Å². The van der Waals surface area contributed by atoms with Crippen LogP contribution in [0.25, 0.3) is 10.9 Å². The summed E-state index contributed by atoms with van der Waals surface area (Å²) >= 11 is 4.37. The highest BCUT2D eigenvalue weighted by atomic mass is 32.1. The molecule has 0 spiro atoms. The largest absolute Gasteiger partial charge is 0.271 e. The number of hydrogen-bond donors (Lipinski definition) is 1. The van der Waals surface area contributed by atoms with Gasteiger partial charge in [-0.2, -0.15) is 17.7 Å². The quantitative estimate of drug-likeness (QED) is 0.524. The summed E-state index contributed by atoms with van der Waals surface area (Å²) in [4.78, 5) is 10.4. The van der Waals surface area contributed by atoms with Crippen LogP contribution in [-0.2, 0) is 6.54 Å². The first-order valence-corrected chi connectivity index (χ1v) is 6.48. The Morgan fingerprint density at radius 3 is 2.89 bits per heavy atom. The maximum Gasteiger partial charge on any atom is 0.271 e. The maximum atomic E-state index is 10.8. The Morgan fingerprint density at radius 1 is 1.50 bits per heavy atom. The van der Waals surface area contributed by atoms with Crippen LogP contribution in [0.1, 0.15) is 12.8 Å². The minimum absolute atomic E-state index is 0.111. The van der Waals surface area contributed by atoms with Gasteiger partial charge in [0.1, 0.15) is 0 Å². The van der Waals surface area contributed by atoms with Crippen LogP contribution in [0.5, 0.6) is 0 Å². The van der Waals surface area contributed by atoms with E-state index in [9.17, 15) is 10.1 Å². The van der Waals surface area contributed by atoms with Crippen molar-refractivity contribution in [1.29, 1.82) is 0 Å². The van der Waals surface area contributed by atoms with Crippen molar-refractivity contribution in [2.75, 3.05) is 5.75 Å². The van der Waals surface area contributed by atoms with Crippen LogP contribution in [0.2, 0.25) is 0 Å². The zero-order valence-corrected chi connectivity index (χ0v) is 10.6. The van der Waals surface area contributed by atoms with E-state index in [2.05, 4.69) is 17.7 Å². The van der Waals surface area contributed by atoms with Crippen molar-refractivity contribution in [2.45, 2.75) is 19.4 Å². The van der Waals surface area contributed by atoms with E-state index < -0.39 is 0 Å². The average Bonchev–Trinajstić information content (AvgIpc) is 3.04. The molecule has 0 unspecified atom stereocenters. The number of nitro benzene ring substituents is 1. The Balaban J connectivity index is 2.01. The fourth-order valence-electron chi connectivity index (χ4n) is 2.16. The zero-order valence-electron chi connectivity index (χ0n) is 9.74. The molecule has 0 amide bonds. The molecule has 6 heteroatoms. The third kappa shape index (κ3) is 1.86. The lowest BCUT2D eigenvalue weighted by molar-refractivity contribution is -0.384. The molecule has 1 heterocycles. The number of nitrogens with zero attached hydrogens (tertiary/aromatic N) is 3. The second-order valence-electron chi connectivity index (χ2n) is 4.96. The number of hydrogen-bond acceptors (Lipinski definition) is 4. The third-order valence-corrected chi connectivity index (χ3v) is 4.29. The Bertz CT molecular complexity index is 619. The standard InChI is InChI=1S/C12H13N3O2S/c16-15(17)10-2-1-9-6-13-14(11(9)5-10)7-12(8-18)3-4-12/h1-2,5-6,18H,3-4,7-8H2. The van der Waals surface area contributed by atoms with E-state index >= 15 is 0 Å². The van der Waals surface area contributed by atoms with Crippen molar-refractivity contribution in [3.8, 4) is 0 Å². The van der Waals surface area contributed by atoms with Crippen LogP contribution in [0.4, 0.5) is 5.69 Å². The van der Waals surface area contributed by atoms with E-state index in [4.69, 9.17) is 0 Å². The highest BCUT2D eigenvalue weighted by Gasteiger charge is 2.42. The van der Waals surface area contributed by atoms with Gasteiger partial charge in [0.15, 0.2) is 0 Å². The molecular weight excluding hydrogens is 250 g/mol. The van der Waals surface area contributed by atoms with Crippen LogP contribution in [0.3, 0.4) is 0 Å². The zero-order chi connectivity index (χ0) is 12.8. The minimum Gasteiger partial charge on any atom is -0.264 e. The van der Waals surface area contributed by atoms with Crippen molar-refractivity contribution in [1.82, 2.24) is 9.78 Å². The molecule has 18 heavy (non-hydrogen) atoms. The van der Waals surface area contributed by atoms with E-state index in [1.165, 1.54) is 6.07 Å². The Kier molecular flexibility index (Phi) is 2.55. The highest BCUT2D eigenvalue weighted by molar-refractivity contribution is 7.80. The summed E-state index contributed by atoms with van der Waals surface area (Å²) in [7, 11) is 0. The molecule has 1 aliphatic carbocycles. The van der Waals surface area contributed by atoms with Gasteiger partial charge in [0.05, 0.1) is 16.6 Å².